The number of carbonyl (C=O) groups excluding carboxylic acids is 1. The van der Waals surface area contributed by atoms with Crippen molar-refractivity contribution in [3.8, 4) is 11.4 Å². The van der Waals surface area contributed by atoms with E-state index in [1.807, 2.05) is 31.2 Å². The van der Waals surface area contributed by atoms with Gasteiger partial charge in [-0.1, -0.05) is 6.92 Å². The van der Waals surface area contributed by atoms with Gasteiger partial charge in [-0.15, -0.1) is 0 Å². The Labute approximate surface area is 142 Å². The maximum Gasteiger partial charge on any atom is 0.224 e. The number of nitrogens with zero attached hydrogens (tertiary/aromatic N) is 2. The Balaban J connectivity index is 1.54. The first-order valence-electron chi connectivity index (χ1n) is 8.62. The van der Waals surface area contributed by atoms with Crippen LogP contribution in [0.1, 0.15) is 32.0 Å². The van der Waals surface area contributed by atoms with Gasteiger partial charge in [-0.2, -0.15) is 5.10 Å². The lowest BCUT2D eigenvalue weighted by Gasteiger charge is -2.27. The number of anilines is 1. The van der Waals surface area contributed by atoms with Crippen LogP contribution in [-0.4, -0.2) is 34.2 Å². The normalized spacial score (nSPS) is 16.8. The van der Waals surface area contributed by atoms with Crippen LogP contribution in [0.3, 0.4) is 0 Å². The zero-order valence-corrected chi connectivity index (χ0v) is 14.3. The first-order valence-corrected chi connectivity index (χ1v) is 8.62. The van der Waals surface area contributed by atoms with Gasteiger partial charge in [-0.25, -0.2) is 4.98 Å². The van der Waals surface area contributed by atoms with E-state index in [0.29, 0.717) is 24.1 Å². The van der Waals surface area contributed by atoms with Crippen LogP contribution in [0.4, 0.5) is 5.69 Å². The first-order chi connectivity index (χ1) is 11.6. The van der Waals surface area contributed by atoms with Crippen LogP contribution in [0, 0.1) is 18.8 Å². The zero-order valence-electron chi connectivity index (χ0n) is 14.3. The summed E-state index contributed by atoms with van der Waals surface area (Å²) in [6, 6.07) is 7.64. The lowest BCUT2D eigenvalue weighted by molar-refractivity contribution is -0.117. The highest BCUT2D eigenvalue weighted by Gasteiger charge is 2.22. The van der Waals surface area contributed by atoms with Crippen LogP contribution in [0.5, 0.6) is 0 Å². The van der Waals surface area contributed by atoms with Gasteiger partial charge in [0.1, 0.15) is 5.82 Å². The van der Waals surface area contributed by atoms with Crippen molar-refractivity contribution in [1.82, 2.24) is 20.5 Å². The monoisotopic (exact) mass is 327 g/mol. The molecule has 2 aromatic rings. The molecule has 1 amide bonds. The molecular weight excluding hydrogens is 302 g/mol. The number of aromatic amines is 1. The summed E-state index contributed by atoms with van der Waals surface area (Å²) in [6.07, 6.45) is 2.91. The van der Waals surface area contributed by atoms with E-state index in [1.54, 1.807) is 0 Å². The maximum absolute atomic E-state index is 12.3. The number of hydrogen-bond donors (Lipinski definition) is 3. The van der Waals surface area contributed by atoms with Crippen molar-refractivity contribution in [2.75, 3.05) is 18.4 Å². The largest absolute Gasteiger partial charge is 0.326 e. The average Bonchev–Trinajstić information content (AvgIpc) is 3.02. The fourth-order valence-electron chi connectivity index (χ4n) is 3.26. The molecule has 2 heterocycles. The molecule has 1 aliphatic rings. The van der Waals surface area contributed by atoms with Crippen molar-refractivity contribution in [3.63, 3.8) is 0 Å². The summed E-state index contributed by atoms with van der Waals surface area (Å²) in [7, 11) is 0. The predicted molar refractivity (Wildman–Crippen MR) is 94.6 cm³/mol. The molecular formula is C18H25N5O. The number of benzene rings is 1. The quantitative estimate of drug-likeness (QED) is 0.788. The maximum atomic E-state index is 12.3. The van der Waals surface area contributed by atoms with Crippen LogP contribution in [0.25, 0.3) is 11.4 Å². The van der Waals surface area contributed by atoms with Crippen LogP contribution in [-0.2, 0) is 4.79 Å². The van der Waals surface area contributed by atoms with Gasteiger partial charge in [0.25, 0.3) is 0 Å². The number of aromatic nitrogens is 3. The third-order valence-electron chi connectivity index (χ3n) is 4.72. The number of amides is 1. The summed E-state index contributed by atoms with van der Waals surface area (Å²) >= 11 is 0. The van der Waals surface area contributed by atoms with Gasteiger partial charge in [-0.3, -0.25) is 9.89 Å². The molecule has 1 fully saturated rings. The molecule has 0 spiro atoms. The Morgan fingerprint density at radius 3 is 2.62 bits per heavy atom. The Morgan fingerprint density at radius 2 is 2.00 bits per heavy atom. The molecule has 3 rings (SSSR count). The van der Waals surface area contributed by atoms with Gasteiger partial charge in [-0.05, 0) is 69.0 Å². The average molecular weight is 327 g/mol. The molecule has 24 heavy (non-hydrogen) atoms. The van der Waals surface area contributed by atoms with E-state index in [0.717, 1.165) is 30.2 Å². The highest BCUT2D eigenvalue weighted by Crippen LogP contribution is 2.25. The Kier molecular flexibility index (Phi) is 5.25. The molecule has 0 bridgehead atoms. The fourth-order valence-corrected chi connectivity index (χ4v) is 3.26. The Morgan fingerprint density at radius 1 is 1.29 bits per heavy atom. The Bertz CT molecular complexity index is 673. The summed E-state index contributed by atoms with van der Waals surface area (Å²) in [5.74, 6) is 2.61. The van der Waals surface area contributed by atoms with Crippen LogP contribution in [0.15, 0.2) is 24.3 Å². The van der Waals surface area contributed by atoms with E-state index in [9.17, 15) is 4.79 Å². The molecule has 6 heteroatoms. The summed E-state index contributed by atoms with van der Waals surface area (Å²) in [6.45, 7) is 6.19. The second-order valence-corrected chi connectivity index (χ2v) is 6.64. The third kappa shape index (κ3) is 4.20. The summed E-state index contributed by atoms with van der Waals surface area (Å²) in [5.41, 5.74) is 1.74. The van der Waals surface area contributed by atoms with Crippen molar-refractivity contribution < 1.29 is 4.79 Å². The number of nitrogens with one attached hydrogen (secondary N) is 3. The Hall–Kier alpha value is -2.21. The highest BCUT2D eigenvalue weighted by atomic mass is 16.1. The van der Waals surface area contributed by atoms with Crippen LogP contribution < -0.4 is 10.6 Å². The molecule has 1 atom stereocenters. The molecule has 1 aliphatic heterocycles. The number of piperidine rings is 1. The molecule has 3 N–H and O–H groups in total. The topological polar surface area (TPSA) is 82.7 Å². The smallest absolute Gasteiger partial charge is 0.224 e. The van der Waals surface area contributed by atoms with Gasteiger partial charge in [0.2, 0.25) is 5.91 Å². The van der Waals surface area contributed by atoms with Gasteiger partial charge in [0, 0.05) is 17.7 Å². The number of rotatable bonds is 5. The van der Waals surface area contributed by atoms with E-state index in [4.69, 9.17) is 0 Å². The van der Waals surface area contributed by atoms with Crippen LogP contribution >= 0.6 is 0 Å². The summed E-state index contributed by atoms with van der Waals surface area (Å²) in [5, 5.41) is 13.3. The second kappa shape index (κ2) is 7.57. The number of H-pyrrole nitrogens is 1. The minimum atomic E-state index is 0.0857. The third-order valence-corrected chi connectivity index (χ3v) is 4.72. The molecule has 1 aromatic carbocycles. The fraction of sp³-hybridized carbons (Fsp3) is 0.500. The van der Waals surface area contributed by atoms with E-state index >= 15 is 0 Å². The zero-order chi connectivity index (χ0) is 16.9. The number of carbonyl (C=O) groups is 1. The molecule has 128 valence electrons. The first kappa shape index (κ1) is 16.6. The molecule has 0 saturated carbocycles. The lowest BCUT2D eigenvalue weighted by Crippen LogP contribution is -2.32. The van der Waals surface area contributed by atoms with Gasteiger partial charge in [0.05, 0.1) is 0 Å². The highest BCUT2D eigenvalue weighted by molar-refractivity contribution is 5.91. The minimum Gasteiger partial charge on any atom is -0.326 e. The van der Waals surface area contributed by atoms with Crippen molar-refractivity contribution >= 4 is 11.6 Å². The second-order valence-electron chi connectivity index (χ2n) is 6.64. The summed E-state index contributed by atoms with van der Waals surface area (Å²) < 4.78 is 0. The minimum absolute atomic E-state index is 0.0857. The standard InChI is InChI=1S/C18H25N5O/c1-12(14-7-9-19-10-8-14)11-17(24)21-16-5-3-15(4-6-16)18-20-13(2)22-23-18/h3-6,12,14,19H,7-11H2,1-2H3,(H,21,24)(H,20,22,23). The van der Waals surface area contributed by atoms with E-state index in [2.05, 4.69) is 32.7 Å². The van der Waals surface area contributed by atoms with E-state index in [1.165, 1.54) is 12.8 Å². The van der Waals surface area contributed by atoms with Gasteiger partial charge in [0.15, 0.2) is 5.82 Å². The van der Waals surface area contributed by atoms with Gasteiger partial charge < -0.3 is 10.6 Å². The van der Waals surface area contributed by atoms with Crippen molar-refractivity contribution in [1.29, 1.82) is 0 Å². The number of aryl methyl sites for hydroxylation is 1. The lowest BCUT2D eigenvalue weighted by atomic mass is 9.84. The van der Waals surface area contributed by atoms with Crippen molar-refractivity contribution in [2.24, 2.45) is 11.8 Å². The van der Waals surface area contributed by atoms with E-state index < -0.39 is 0 Å². The number of hydrogen-bond acceptors (Lipinski definition) is 4. The molecule has 1 aromatic heterocycles. The molecule has 1 unspecified atom stereocenters. The predicted octanol–water partition coefficient (Wildman–Crippen LogP) is 2.74. The SMILES string of the molecule is Cc1nc(-c2ccc(NC(=O)CC(C)C3CCNCC3)cc2)n[nH]1. The summed E-state index contributed by atoms with van der Waals surface area (Å²) in [4.78, 5) is 16.6. The van der Waals surface area contributed by atoms with E-state index in [-0.39, 0.29) is 5.91 Å². The van der Waals surface area contributed by atoms with Crippen molar-refractivity contribution in [3.05, 3.63) is 30.1 Å². The molecule has 1 saturated heterocycles. The van der Waals surface area contributed by atoms with Crippen molar-refractivity contribution in [2.45, 2.75) is 33.1 Å². The molecule has 0 aliphatic carbocycles. The molecule has 0 radical (unpaired) electrons. The molecule has 6 nitrogen and oxygen atoms in total. The van der Waals surface area contributed by atoms with Gasteiger partial charge >= 0.3 is 0 Å². The van der Waals surface area contributed by atoms with Crippen LogP contribution in [0.2, 0.25) is 0 Å².